The van der Waals surface area contributed by atoms with Crippen LogP contribution in [0.15, 0.2) is 57.7 Å². The summed E-state index contributed by atoms with van der Waals surface area (Å²) in [5.41, 5.74) is 0.786. The van der Waals surface area contributed by atoms with E-state index in [0.717, 1.165) is 11.3 Å². The summed E-state index contributed by atoms with van der Waals surface area (Å²) in [7, 11) is 0. The van der Waals surface area contributed by atoms with Crippen LogP contribution in [0.2, 0.25) is 5.02 Å². The van der Waals surface area contributed by atoms with Crippen LogP contribution in [-0.4, -0.2) is 10.9 Å². The maximum Gasteiger partial charge on any atom is 0.221 e. The number of oxazole rings is 1. The molecule has 5 nitrogen and oxygen atoms in total. The fourth-order valence-corrected chi connectivity index (χ4v) is 2.58. The highest BCUT2D eigenvalue weighted by Gasteiger charge is 2.14. The highest BCUT2D eigenvalue weighted by Crippen LogP contribution is 2.28. The smallest absolute Gasteiger partial charge is 0.221 e. The molecule has 6 heteroatoms. The molecule has 0 saturated heterocycles. The molecule has 0 aliphatic carbocycles. The van der Waals surface area contributed by atoms with Gasteiger partial charge in [-0.15, -0.1) is 0 Å². The van der Waals surface area contributed by atoms with Crippen molar-refractivity contribution in [3.05, 3.63) is 65.5 Å². The number of aryl methyl sites for hydroxylation is 1. The SMILES string of the molecule is CC(NC(=O)CCc1ncc(-c2ccccc2Cl)o1)c1ccco1. The molecule has 2 aromatic heterocycles. The van der Waals surface area contributed by atoms with Crippen LogP contribution in [0.3, 0.4) is 0 Å². The van der Waals surface area contributed by atoms with Gasteiger partial charge in [0.15, 0.2) is 11.7 Å². The van der Waals surface area contributed by atoms with Gasteiger partial charge in [-0.2, -0.15) is 0 Å². The monoisotopic (exact) mass is 344 g/mol. The lowest BCUT2D eigenvalue weighted by Crippen LogP contribution is -2.26. The Morgan fingerprint density at radius 1 is 1.29 bits per heavy atom. The van der Waals surface area contributed by atoms with Crippen LogP contribution in [0, 0.1) is 0 Å². The number of aromatic nitrogens is 1. The van der Waals surface area contributed by atoms with Crippen molar-refractivity contribution in [3.63, 3.8) is 0 Å². The van der Waals surface area contributed by atoms with Gasteiger partial charge in [0.2, 0.25) is 5.91 Å². The first kappa shape index (κ1) is 16.3. The number of amides is 1. The highest BCUT2D eigenvalue weighted by molar-refractivity contribution is 6.33. The van der Waals surface area contributed by atoms with Gasteiger partial charge < -0.3 is 14.2 Å². The first-order valence-corrected chi connectivity index (χ1v) is 8.03. The fourth-order valence-electron chi connectivity index (χ4n) is 2.35. The Kier molecular flexibility index (Phi) is 5.01. The zero-order chi connectivity index (χ0) is 16.9. The summed E-state index contributed by atoms with van der Waals surface area (Å²) in [6, 6.07) is 10.8. The molecule has 1 N–H and O–H groups in total. The molecule has 0 saturated carbocycles. The number of benzene rings is 1. The molecule has 1 aromatic carbocycles. The van der Waals surface area contributed by atoms with Crippen LogP contribution in [0.5, 0.6) is 0 Å². The van der Waals surface area contributed by atoms with Crippen LogP contribution in [-0.2, 0) is 11.2 Å². The molecule has 1 atom stereocenters. The number of nitrogens with one attached hydrogen (secondary N) is 1. The van der Waals surface area contributed by atoms with Crippen molar-refractivity contribution in [1.29, 1.82) is 0 Å². The summed E-state index contributed by atoms with van der Waals surface area (Å²) in [5, 5.41) is 3.48. The van der Waals surface area contributed by atoms with E-state index in [2.05, 4.69) is 10.3 Å². The summed E-state index contributed by atoms with van der Waals surface area (Å²) >= 11 is 6.14. The van der Waals surface area contributed by atoms with Crippen LogP contribution < -0.4 is 5.32 Å². The highest BCUT2D eigenvalue weighted by atomic mass is 35.5. The quantitative estimate of drug-likeness (QED) is 0.719. The molecule has 1 unspecified atom stereocenters. The third kappa shape index (κ3) is 3.86. The van der Waals surface area contributed by atoms with Crippen LogP contribution in [0.1, 0.15) is 31.0 Å². The molecule has 3 rings (SSSR count). The number of halogens is 1. The Hall–Kier alpha value is -2.53. The zero-order valence-electron chi connectivity index (χ0n) is 13.2. The van der Waals surface area contributed by atoms with E-state index in [4.69, 9.17) is 20.4 Å². The van der Waals surface area contributed by atoms with Gasteiger partial charge in [0.05, 0.1) is 23.5 Å². The predicted octanol–water partition coefficient (Wildman–Crippen LogP) is 4.40. The maximum absolute atomic E-state index is 12.0. The number of nitrogens with zero attached hydrogens (tertiary/aromatic N) is 1. The third-order valence-corrected chi connectivity index (χ3v) is 3.94. The molecule has 0 fully saturated rings. The number of hydrogen-bond acceptors (Lipinski definition) is 4. The van der Waals surface area contributed by atoms with Gasteiger partial charge in [-0.3, -0.25) is 4.79 Å². The van der Waals surface area contributed by atoms with E-state index in [-0.39, 0.29) is 18.4 Å². The predicted molar refractivity (Wildman–Crippen MR) is 90.5 cm³/mol. The fraction of sp³-hybridized carbons (Fsp3) is 0.222. The zero-order valence-corrected chi connectivity index (χ0v) is 13.9. The van der Waals surface area contributed by atoms with Gasteiger partial charge in [0.25, 0.3) is 0 Å². The largest absolute Gasteiger partial charge is 0.467 e. The minimum absolute atomic E-state index is 0.0867. The van der Waals surface area contributed by atoms with Crippen molar-refractivity contribution < 1.29 is 13.6 Å². The number of furan rings is 1. The number of hydrogen-bond donors (Lipinski definition) is 1. The van der Waals surface area contributed by atoms with Gasteiger partial charge in [-0.25, -0.2) is 4.98 Å². The standard InChI is InChI=1S/C18H17ClN2O3/c1-12(15-7-4-10-23-15)21-17(22)8-9-18-20-11-16(24-18)13-5-2-3-6-14(13)19/h2-7,10-12H,8-9H2,1H3,(H,21,22). The second-order valence-corrected chi connectivity index (χ2v) is 5.81. The van der Waals surface area contributed by atoms with Gasteiger partial charge >= 0.3 is 0 Å². The Balaban J connectivity index is 1.56. The molecule has 3 aromatic rings. The van der Waals surface area contributed by atoms with Gasteiger partial charge in [-0.05, 0) is 31.2 Å². The van der Waals surface area contributed by atoms with E-state index in [0.29, 0.717) is 23.1 Å². The summed E-state index contributed by atoms with van der Waals surface area (Å²) in [6.45, 7) is 1.87. The lowest BCUT2D eigenvalue weighted by Gasteiger charge is -2.10. The molecule has 0 aliphatic heterocycles. The molecular weight excluding hydrogens is 328 g/mol. The van der Waals surface area contributed by atoms with E-state index in [1.54, 1.807) is 24.6 Å². The molecule has 24 heavy (non-hydrogen) atoms. The van der Waals surface area contributed by atoms with Crippen molar-refractivity contribution >= 4 is 17.5 Å². The Morgan fingerprint density at radius 3 is 2.88 bits per heavy atom. The lowest BCUT2D eigenvalue weighted by atomic mass is 10.2. The van der Waals surface area contributed by atoms with Gasteiger partial charge in [0.1, 0.15) is 5.76 Å². The van der Waals surface area contributed by atoms with Gasteiger partial charge in [0, 0.05) is 18.4 Å². The third-order valence-electron chi connectivity index (χ3n) is 3.61. The van der Waals surface area contributed by atoms with E-state index in [9.17, 15) is 4.79 Å². The summed E-state index contributed by atoms with van der Waals surface area (Å²) < 4.78 is 10.9. The molecule has 1 amide bonds. The van der Waals surface area contributed by atoms with Crippen molar-refractivity contribution in [2.75, 3.05) is 0 Å². The molecule has 0 bridgehead atoms. The first-order chi connectivity index (χ1) is 11.6. The Morgan fingerprint density at radius 2 is 2.12 bits per heavy atom. The van der Waals surface area contributed by atoms with E-state index in [1.807, 2.05) is 31.2 Å². The molecule has 124 valence electrons. The van der Waals surface area contributed by atoms with Gasteiger partial charge in [-0.1, -0.05) is 23.7 Å². The van der Waals surface area contributed by atoms with Crippen molar-refractivity contribution in [2.24, 2.45) is 0 Å². The van der Waals surface area contributed by atoms with E-state index in [1.165, 1.54) is 0 Å². The van der Waals surface area contributed by atoms with Crippen LogP contribution >= 0.6 is 11.6 Å². The summed E-state index contributed by atoms with van der Waals surface area (Å²) in [4.78, 5) is 16.2. The van der Waals surface area contributed by atoms with Crippen LogP contribution in [0.25, 0.3) is 11.3 Å². The van der Waals surface area contributed by atoms with Crippen molar-refractivity contribution in [3.8, 4) is 11.3 Å². The normalized spacial score (nSPS) is 12.1. The first-order valence-electron chi connectivity index (χ1n) is 7.66. The van der Waals surface area contributed by atoms with E-state index < -0.39 is 0 Å². The second kappa shape index (κ2) is 7.36. The molecule has 2 heterocycles. The lowest BCUT2D eigenvalue weighted by molar-refractivity contribution is -0.121. The van der Waals surface area contributed by atoms with E-state index >= 15 is 0 Å². The maximum atomic E-state index is 12.0. The summed E-state index contributed by atoms with van der Waals surface area (Å²) in [5.74, 6) is 1.74. The van der Waals surface area contributed by atoms with Crippen molar-refractivity contribution in [1.82, 2.24) is 10.3 Å². The van der Waals surface area contributed by atoms with Crippen LogP contribution in [0.4, 0.5) is 0 Å². The molecule has 0 spiro atoms. The minimum Gasteiger partial charge on any atom is -0.467 e. The second-order valence-electron chi connectivity index (χ2n) is 5.40. The minimum atomic E-state index is -0.171. The Bertz CT molecular complexity index is 811. The topological polar surface area (TPSA) is 68.3 Å². The molecular formula is C18H17ClN2O3. The average Bonchev–Trinajstić information content (AvgIpc) is 3.25. The number of carbonyl (C=O) groups is 1. The molecule has 0 radical (unpaired) electrons. The van der Waals surface area contributed by atoms with Crippen molar-refractivity contribution in [2.45, 2.75) is 25.8 Å². The molecule has 0 aliphatic rings. The number of rotatable bonds is 6. The number of carbonyl (C=O) groups excluding carboxylic acids is 1. The Labute approximate surface area is 144 Å². The summed E-state index contributed by atoms with van der Waals surface area (Å²) in [6.07, 6.45) is 3.91. The average molecular weight is 345 g/mol.